The van der Waals surface area contributed by atoms with Gasteiger partial charge in [-0.25, -0.2) is 0 Å². The fourth-order valence-corrected chi connectivity index (χ4v) is 2.49. The van der Waals surface area contributed by atoms with E-state index in [-0.39, 0.29) is 0 Å². The molecule has 0 spiro atoms. The summed E-state index contributed by atoms with van der Waals surface area (Å²) in [6.45, 7) is 3.82. The minimum Gasteiger partial charge on any atom is -0.356 e. The molecule has 2 rings (SSSR count). The summed E-state index contributed by atoms with van der Waals surface area (Å²) in [6, 6.07) is 6.05. The van der Waals surface area contributed by atoms with E-state index in [9.17, 15) is 0 Å². The Balaban J connectivity index is 1.76. The van der Waals surface area contributed by atoms with Gasteiger partial charge < -0.3 is 10.6 Å². The van der Waals surface area contributed by atoms with Gasteiger partial charge in [-0.3, -0.25) is 4.99 Å². The first-order valence-electron chi connectivity index (χ1n) is 6.14. The molecule has 1 aromatic carbocycles. The molecule has 98 valence electrons. The normalized spacial score (nSPS) is 18.4. The highest BCUT2D eigenvalue weighted by atomic mass is 35.5. The molecular weight excluding hydrogens is 269 g/mol. The summed E-state index contributed by atoms with van der Waals surface area (Å²) < 4.78 is 0. The Kier molecular flexibility index (Phi) is 4.72. The van der Waals surface area contributed by atoms with Gasteiger partial charge >= 0.3 is 0 Å². The highest BCUT2D eigenvalue weighted by Gasteiger charge is 2.11. The fourth-order valence-electron chi connectivity index (χ4n) is 1.90. The van der Waals surface area contributed by atoms with Crippen LogP contribution in [0.2, 0.25) is 10.0 Å². The molecule has 1 aliphatic rings. The summed E-state index contributed by atoms with van der Waals surface area (Å²) >= 11 is 12.2. The standard InChI is InChI=1S/C13H17Cl2N3/c1-9-8-17-13(18-9)16-7-3-4-10-11(14)5-2-6-12(10)15/h2,5-6,9H,3-4,7-8H2,1H3,(H2,16,17,18). The van der Waals surface area contributed by atoms with Crippen molar-refractivity contribution in [3.05, 3.63) is 33.8 Å². The molecule has 0 saturated heterocycles. The van der Waals surface area contributed by atoms with E-state index in [2.05, 4.69) is 22.5 Å². The third kappa shape index (κ3) is 3.53. The van der Waals surface area contributed by atoms with Crippen molar-refractivity contribution in [1.29, 1.82) is 0 Å². The number of nitrogens with zero attached hydrogens (tertiary/aromatic N) is 1. The molecule has 0 fully saturated rings. The minimum absolute atomic E-state index is 0.436. The lowest BCUT2D eigenvalue weighted by molar-refractivity contribution is 0.704. The number of rotatable bonds is 4. The largest absolute Gasteiger partial charge is 0.356 e. The quantitative estimate of drug-likeness (QED) is 0.835. The first-order chi connectivity index (χ1) is 8.66. The molecule has 1 atom stereocenters. The van der Waals surface area contributed by atoms with Gasteiger partial charge in [-0.15, -0.1) is 0 Å². The summed E-state index contributed by atoms with van der Waals surface area (Å²) in [6.07, 6.45) is 1.84. The summed E-state index contributed by atoms with van der Waals surface area (Å²) in [4.78, 5) is 4.34. The summed E-state index contributed by atoms with van der Waals surface area (Å²) in [5.41, 5.74) is 1.03. The van der Waals surface area contributed by atoms with Crippen LogP contribution in [0.1, 0.15) is 18.9 Å². The average Bonchev–Trinajstić information content (AvgIpc) is 2.73. The van der Waals surface area contributed by atoms with E-state index in [0.29, 0.717) is 6.04 Å². The highest BCUT2D eigenvalue weighted by molar-refractivity contribution is 6.35. The van der Waals surface area contributed by atoms with E-state index in [1.54, 1.807) is 0 Å². The predicted octanol–water partition coefficient (Wildman–Crippen LogP) is 2.86. The van der Waals surface area contributed by atoms with Crippen molar-refractivity contribution in [2.45, 2.75) is 25.8 Å². The number of halogens is 2. The zero-order valence-electron chi connectivity index (χ0n) is 10.3. The SMILES string of the molecule is CC1CN=C(NCCCc2c(Cl)cccc2Cl)N1. The van der Waals surface area contributed by atoms with E-state index in [0.717, 1.165) is 47.5 Å². The molecule has 18 heavy (non-hydrogen) atoms. The summed E-state index contributed by atoms with van der Waals surface area (Å²) in [7, 11) is 0. The van der Waals surface area contributed by atoms with Crippen molar-refractivity contribution >= 4 is 29.2 Å². The molecule has 1 aliphatic heterocycles. The molecule has 0 saturated carbocycles. The first kappa shape index (κ1) is 13.5. The molecule has 0 bridgehead atoms. The molecule has 0 radical (unpaired) electrons. The molecule has 2 N–H and O–H groups in total. The van der Waals surface area contributed by atoms with Gasteiger partial charge in [-0.05, 0) is 37.5 Å². The van der Waals surface area contributed by atoms with Crippen LogP contribution < -0.4 is 10.6 Å². The number of nitrogens with one attached hydrogen (secondary N) is 2. The molecule has 1 unspecified atom stereocenters. The van der Waals surface area contributed by atoms with Crippen molar-refractivity contribution in [3.8, 4) is 0 Å². The summed E-state index contributed by atoms with van der Waals surface area (Å²) in [5.74, 6) is 0.896. The second-order valence-electron chi connectivity index (χ2n) is 4.47. The lowest BCUT2D eigenvalue weighted by Gasteiger charge is -2.10. The second kappa shape index (κ2) is 6.30. The molecule has 0 aliphatic carbocycles. The molecular formula is C13H17Cl2N3. The van der Waals surface area contributed by atoms with Crippen LogP contribution in [0.3, 0.4) is 0 Å². The monoisotopic (exact) mass is 285 g/mol. The lowest BCUT2D eigenvalue weighted by atomic mass is 10.1. The number of guanidine groups is 1. The van der Waals surface area contributed by atoms with Crippen molar-refractivity contribution in [3.63, 3.8) is 0 Å². The van der Waals surface area contributed by atoms with Gasteiger partial charge in [0.2, 0.25) is 0 Å². The Labute approximate surface area is 118 Å². The number of benzene rings is 1. The number of hydrogen-bond donors (Lipinski definition) is 2. The van der Waals surface area contributed by atoms with Crippen LogP contribution in [0.5, 0.6) is 0 Å². The number of aliphatic imine (C=N–C) groups is 1. The van der Waals surface area contributed by atoms with Crippen LogP contribution >= 0.6 is 23.2 Å². The van der Waals surface area contributed by atoms with Crippen LogP contribution in [-0.2, 0) is 6.42 Å². The smallest absolute Gasteiger partial charge is 0.191 e. The maximum absolute atomic E-state index is 6.11. The Bertz CT molecular complexity index is 426. The molecule has 0 aromatic heterocycles. The lowest BCUT2D eigenvalue weighted by Crippen LogP contribution is -2.38. The van der Waals surface area contributed by atoms with E-state index >= 15 is 0 Å². The van der Waals surface area contributed by atoms with Gasteiger partial charge in [0, 0.05) is 22.6 Å². The van der Waals surface area contributed by atoms with Crippen LogP contribution in [0.4, 0.5) is 0 Å². The topological polar surface area (TPSA) is 36.4 Å². The predicted molar refractivity (Wildman–Crippen MR) is 77.7 cm³/mol. The van der Waals surface area contributed by atoms with Crippen molar-refractivity contribution in [2.24, 2.45) is 4.99 Å². The van der Waals surface area contributed by atoms with Gasteiger partial charge in [0.25, 0.3) is 0 Å². The second-order valence-corrected chi connectivity index (χ2v) is 5.28. The minimum atomic E-state index is 0.436. The van der Waals surface area contributed by atoms with Crippen molar-refractivity contribution < 1.29 is 0 Å². The van der Waals surface area contributed by atoms with Gasteiger partial charge in [-0.2, -0.15) is 0 Å². The number of hydrogen-bond acceptors (Lipinski definition) is 3. The van der Waals surface area contributed by atoms with Crippen molar-refractivity contribution in [1.82, 2.24) is 10.6 Å². The Morgan fingerprint density at radius 3 is 2.72 bits per heavy atom. The molecule has 5 heteroatoms. The maximum Gasteiger partial charge on any atom is 0.191 e. The zero-order chi connectivity index (χ0) is 13.0. The van der Waals surface area contributed by atoms with E-state index in [1.165, 1.54) is 0 Å². The van der Waals surface area contributed by atoms with Crippen LogP contribution in [0, 0.1) is 0 Å². The molecule has 1 aromatic rings. The van der Waals surface area contributed by atoms with Gasteiger partial charge in [0.05, 0.1) is 6.54 Å². The van der Waals surface area contributed by atoms with Gasteiger partial charge in [-0.1, -0.05) is 29.3 Å². The fraction of sp³-hybridized carbons (Fsp3) is 0.462. The highest BCUT2D eigenvalue weighted by Crippen LogP contribution is 2.25. The van der Waals surface area contributed by atoms with E-state index in [4.69, 9.17) is 23.2 Å². The average molecular weight is 286 g/mol. The molecule has 0 amide bonds. The summed E-state index contributed by atoms with van der Waals surface area (Å²) in [5, 5.41) is 8.02. The van der Waals surface area contributed by atoms with E-state index in [1.807, 2.05) is 18.2 Å². The third-order valence-electron chi connectivity index (χ3n) is 2.86. The Hall–Kier alpha value is -0.930. The van der Waals surface area contributed by atoms with Gasteiger partial charge in [0.1, 0.15) is 0 Å². The molecule has 1 heterocycles. The van der Waals surface area contributed by atoms with Crippen LogP contribution in [0.25, 0.3) is 0 Å². The Morgan fingerprint density at radius 1 is 1.39 bits per heavy atom. The third-order valence-corrected chi connectivity index (χ3v) is 3.57. The van der Waals surface area contributed by atoms with Crippen LogP contribution in [-0.4, -0.2) is 25.1 Å². The first-order valence-corrected chi connectivity index (χ1v) is 6.90. The maximum atomic E-state index is 6.11. The van der Waals surface area contributed by atoms with E-state index < -0.39 is 0 Å². The van der Waals surface area contributed by atoms with Gasteiger partial charge in [0.15, 0.2) is 5.96 Å². The Morgan fingerprint density at radius 2 is 2.11 bits per heavy atom. The van der Waals surface area contributed by atoms with Crippen molar-refractivity contribution in [2.75, 3.05) is 13.1 Å². The zero-order valence-corrected chi connectivity index (χ0v) is 11.9. The molecule has 3 nitrogen and oxygen atoms in total. The van der Waals surface area contributed by atoms with Crippen LogP contribution in [0.15, 0.2) is 23.2 Å².